The lowest BCUT2D eigenvalue weighted by atomic mass is 10.0. The van der Waals surface area contributed by atoms with E-state index in [1.165, 1.54) is 32.1 Å². The molecular weight excluding hydrogens is 248 g/mol. The summed E-state index contributed by atoms with van der Waals surface area (Å²) in [5.41, 5.74) is 7.05. The summed E-state index contributed by atoms with van der Waals surface area (Å²) in [5.74, 6) is 0.866. The van der Waals surface area contributed by atoms with Crippen LogP contribution >= 0.6 is 0 Å². The molecule has 2 rings (SSSR count). The highest BCUT2D eigenvalue weighted by atomic mass is 16.2. The monoisotopic (exact) mass is 274 g/mol. The highest BCUT2D eigenvalue weighted by Crippen LogP contribution is 2.28. The second-order valence-corrected chi connectivity index (χ2v) is 5.88. The Morgan fingerprint density at radius 3 is 2.65 bits per heavy atom. The molecule has 1 aromatic rings. The van der Waals surface area contributed by atoms with E-state index in [1.54, 1.807) is 0 Å². The zero-order valence-corrected chi connectivity index (χ0v) is 12.2. The van der Waals surface area contributed by atoms with E-state index >= 15 is 0 Å². The predicted octanol–water partition coefficient (Wildman–Crippen LogP) is 2.64. The molecule has 1 aliphatic carbocycles. The normalized spacial score (nSPS) is 17.1. The van der Waals surface area contributed by atoms with E-state index in [1.807, 2.05) is 30.3 Å². The summed E-state index contributed by atoms with van der Waals surface area (Å²) in [4.78, 5) is 11.9. The van der Waals surface area contributed by atoms with Crippen LogP contribution in [-0.4, -0.2) is 18.5 Å². The average Bonchev–Trinajstić information content (AvgIpc) is 2.97. The van der Waals surface area contributed by atoms with Crippen molar-refractivity contribution in [2.24, 2.45) is 11.7 Å². The summed E-state index contributed by atoms with van der Waals surface area (Å²) in [6.45, 7) is 0.762. The van der Waals surface area contributed by atoms with Crippen LogP contribution < -0.4 is 11.1 Å². The van der Waals surface area contributed by atoms with Gasteiger partial charge < -0.3 is 11.1 Å². The molecule has 0 spiro atoms. The quantitative estimate of drug-likeness (QED) is 0.751. The molecule has 1 atom stereocenters. The fourth-order valence-electron chi connectivity index (χ4n) is 2.99. The van der Waals surface area contributed by atoms with Gasteiger partial charge in [-0.2, -0.15) is 0 Å². The lowest BCUT2D eigenvalue weighted by Gasteiger charge is -2.13. The highest BCUT2D eigenvalue weighted by Gasteiger charge is 2.16. The van der Waals surface area contributed by atoms with Gasteiger partial charge in [0, 0.05) is 6.54 Å². The first kappa shape index (κ1) is 15.0. The van der Waals surface area contributed by atoms with Crippen LogP contribution in [0.15, 0.2) is 30.3 Å². The lowest BCUT2D eigenvalue weighted by Crippen LogP contribution is -2.42. The van der Waals surface area contributed by atoms with Gasteiger partial charge in [-0.25, -0.2) is 0 Å². The van der Waals surface area contributed by atoms with Crippen molar-refractivity contribution in [3.8, 4) is 0 Å². The number of amides is 1. The van der Waals surface area contributed by atoms with Gasteiger partial charge in [0.15, 0.2) is 0 Å². The summed E-state index contributed by atoms with van der Waals surface area (Å²) in [6.07, 6.45) is 8.46. The van der Waals surface area contributed by atoms with Crippen LogP contribution in [0.4, 0.5) is 0 Å². The fraction of sp³-hybridized carbons (Fsp3) is 0.588. The molecule has 0 radical (unpaired) electrons. The SMILES string of the molecule is N[C@H](Cc1ccccc1)C(=O)NCCCC1CCCC1. The van der Waals surface area contributed by atoms with Crippen molar-refractivity contribution in [3.05, 3.63) is 35.9 Å². The van der Waals surface area contributed by atoms with E-state index in [-0.39, 0.29) is 5.91 Å². The Morgan fingerprint density at radius 2 is 1.95 bits per heavy atom. The Bertz CT molecular complexity index is 399. The fourth-order valence-corrected chi connectivity index (χ4v) is 2.99. The van der Waals surface area contributed by atoms with Crippen LogP contribution in [0, 0.1) is 5.92 Å². The second-order valence-electron chi connectivity index (χ2n) is 5.88. The van der Waals surface area contributed by atoms with Gasteiger partial charge >= 0.3 is 0 Å². The molecule has 3 heteroatoms. The molecular formula is C17H26N2O. The Balaban J connectivity index is 1.61. The summed E-state index contributed by atoms with van der Waals surface area (Å²) in [5, 5.41) is 2.96. The van der Waals surface area contributed by atoms with Crippen LogP contribution in [0.25, 0.3) is 0 Å². The number of nitrogens with two attached hydrogens (primary N) is 1. The highest BCUT2D eigenvalue weighted by molar-refractivity contribution is 5.81. The molecule has 3 N–H and O–H groups in total. The Labute approximate surface area is 121 Å². The van der Waals surface area contributed by atoms with Gasteiger partial charge in [-0.3, -0.25) is 4.79 Å². The molecule has 1 amide bonds. The molecule has 0 unspecified atom stereocenters. The van der Waals surface area contributed by atoms with Crippen LogP contribution in [0.5, 0.6) is 0 Å². The third-order valence-corrected chi connectivity index (χ3v) is 4.20. The maximum atomic E-state index is 11.9. The van der Waals surface area contributed by atoms with Crippen molar-refractivity contribution < 1.29 is 4.79 Å². The number of carbonyl (C=O) groups excluding carboxylic acids is 1. The third-order valence-electron chi connectivity index (χ3n) is 4.20. The summed E-state index contributed by atoms with van der Waals surface area (Å²) >= 11 is 0. The number of hydrogen-bond donors (Lipinski definition) is 2. The minimum atomic E-state index is -0.441. The molecule has 1 aliphatic rings. The predicted molar refractivity (Wildman–Crippen MR) is 82.3 cm³/mol. The van der Waals surface area contributed by atoms with E-state index in [2.05, 4.69) is 5.32 Å². The number of rotatable bonds is 7. The van der Waals surface area contributed by atoms with Crippen LogP contribution in [0.2, 0.25) is 0 Å². The number of nitrogens with one attached hydrogen (secondary N) is 1. The van der Waals surface area contributed by atoms with E-state index < -0.39 is 6.04 Å². The first-order valence-electron chi connectivity index (χ1n) is 7.83. The van der Waals surface area contributed by atoms with Crippen molar-refractivity contribution in [3.63, 3.8) is 0 Å². The zero-order chi connectivity index (χ0) is 14.2. The molecule has 1 aromatic carbocycles. The van der Waals surface area contributed by atoms with Gasteiger partial charge in [0.2, 0.25) is 5.91 Å². The third kappa shape index (κ3) is 4.97. The topological polar surface area (TPSA) is 55.1 Å². The van der Waals surface area contributed by atoms with Gasteiger partial charge in [0.1, 0.15) is 0 Å². The first-order valence-corrected chi connectivity index (χ1v) is 7.83. The first-order chi connectivity index (χ1) is 9.75. The Hall–Kier alpha value is -1.35. The van der Waals surface area contributed by atoms with Crippen molar-refractivity contribution in [1.82, 2.24) is 5.32 Å². The van der Waals surface area contributed by atoms with E-state index in [9.17, 15) is 4.79 Å². The minimum absolute atomic E-state index is 0.0275. The van der Waals surface area contributed by atoms with Crippen LogP contribution in [0.1, 0.15) is 44.1 Å². The van der Waals surface area contributed by atoms with Gasteiger partial charge in [-0.15, -0.1) is 0 Å². The maximum absolute atomic E-state index is 11.9. The van der Waals surface area contributed by atoms with Gasteiger partial charge in [0.05, 0.1) is 6.04 Å². The largest absolute Gasteiger partial charge is 0.355 e. The molecule has 110 valence electrons. The van der Waals surface area contributed by atoms with Crippen LogP contribution in [-0.2, 0) is 11.2 Å². The number of benzene rings is 1. The van der Waals surface area contributed by atoms with E-state index in [0.717, 1.165) is 24.4 Å². The molecule has 1 saturated carbocycles. The minimum Gasteiger partial charge on any atom is -0.355 e. The molecule has 0 saturated heterocycles. The van der Waals surface area contributed by atoms with Crippen molar-refractivity contribution >= 4 is 5.91 Å². The maximum Gasteiger partial charge on any atom is 0.237 e. The van der Waals surface area contributed by atoms with Gasteiger partial charge in [-0.1, -0.05) is 56.0 Å². The molecule has 20 heavy (non-hydrogen) atoms. The second kappa shape index (κ2) is 8.05. The smallest absolute Gasteiger partial charge is 0.237 e. The van der Waals surface area contributed by atoms with Crippen LogP contribution in [0.3, 0.4) is 0 Å². The van der Waals surface area contributed by atoms with Crippen molar-refractivity contribution in [2.45, 2.75) is 51.0 Å². The Kier molecular flexibility index (Phi) is 6.06. The van der Waals surface area contributed by atoms with E-state index in [4.69, 9.17) is 5.73 Å². The molecule has 0 aromatic heterocycles. The molecule has 3 nitrogen and oxygen atoms in total. The molecule has 0 aliphatic heterocycles. The van der Waals surface area contributed by atoms with Gasteiger partial charge in [0.25, 0.3) is 0 Å². The standard InChI is InChI=1S/C17H26N2O/c18-16(13-15-9-2-1-3-10-15)17(20)19-12-6-11-14-7-4-5-8-14/h1-3,9-10,14,16H,4-8,11-13,18H2,(H,19,20)/t16-/m1/s1. The number of hydrogen-bond acceptors (Lipinski definition) is 2. The Morgan fingerprint density at radius 1 is 1.25 bits per heavy atom. The lowest BCUT2D eigenvalue weighted by molar-refractivity contribution is -0.122. The molecule has 1 fully saturated rings. The van der Waals surface area contributed by atoms with E-state index in [0.29, 0.717) is 6.42 Å². The molecule has 0 heterocycles. The van der Waals surface area contributed by atoms with Crippen molar-refractivity contribution in [2.75, 3.05) is 6.54 Å². The summed E-state index contributed by atoms with van der Waals surface area (Å²) < 4.78 is 0. The number of carbonyl (C=O) groups is 1. The summed E-state index contributed by atoms with van der Waals surface area (Å²) in [7, 11) is 0. The van der Waals surface area contributed by atoms with Gasteiger partial charge in [-0.05, 0) is 30.7 Å². The average molecular weight is 274 g/mol. The zero-order valence-electron chi connectivity index (χ0n) is 12.2. The summed E-state index contributed by atoms with van der Waals surface area (Å²) in [6, 6.07) is 9.49. The van der Waals surface area contributed by atoms with Crippen molar-refractivity contribution in [1.29, 1.82) is 0 Å². The molecule has 0 bridgehead atoms.